The summed E-state index contributed by atoms with van der Waals surface area (Å²) in [5.41, 5.74) is 18.6. The molecular formula is C43H39BN2. The third kappa shape index (κ3) is 3.02. The SMILES string of the molecule is CCc1ccc(N2c3cccc4c3B(c3cccc(C)c32)c2cccc3c2N4c2ccccc2C32C3CC4CC(C3)CC2C4)cc1. The van der Waals surface area contributed by atoms with Gasteiger partial charge in [0.25, 0.3) is 6.71 Å². The molecule has 3 aliphatic heterocycles. The van der Waals surface area contributed by atoms with Crippen LogP contribution in [0.5, 0.6) is 0 Å². The van der Waals surface area contributed by atoms with Crippen LogP contribution in [0.25, 0.3) is 0 Å². The number of rotatable bonds is 2. The molecule has 4 saturated carbocycles. The van der Waals surface area contributed by atoms with Crippen molar-refractivity contribution in [2.24, 2.45) is 23.7 Å². The van der Waals surface area contributed by atoms with Crippen molar-refractivity contribution < 1.29 is 0 Å². The van der Waals surface area contributed by atoms with Crippen LogP contribution in [0.15, 0.2) is 103 Å². The summed E-state index contributed by atoms with van der Waals surface area (Å²) in [6.45, 7) is 4.75. The Morgan fingerprint density at radius 1 is 0.609 bits per heavy atom. The van der Waals surface area contributed by atoms with E-state index < -0.39 is 0 Å². The molecule has 46 heavy (non-hydrogen) atoms. The highest BCUT2D eigenvalue weighted by molar-refractivity contribution is 7.00. The summed E-state index contributed by atoms with van der Waals surface area (Å²) >= 11 is 0. The summed E-state index contributed by atoms with van der Waals surface area (Å²) in [5.74, 6) is 3.36. The summed E-state index contributed by atoms with van der Waals surface area (Å²) in [7, 11) is 0. The average molecular weight is 595 g/mol. The fourth-order valence-electron chi connectivity index (χ4n) is 11.9. The molecule has 12 rings (SSSR count). The van der Waals surface area contributed by atoms with Gasteiger partial charge in [0.2, 0.25) is 0 Å². The lowest BCUT2D eigenvalue weighted by molar-refractivity contribution is -0.0419. The van der Waals surface area contributed by atoms with E-state index in [1.54, 1.807) is 11.1 Å². The van der Waals surface area contributed by atoms with E-state index in [2.05, 4.69) is 127 Å². The fourth-order valence-corrected chi connectivity index (χ4v) is 11.9. The molecule has 0 unspecified atom stereocenters. The normalized spacial score (nSPS) is 27.0. The summed E-state index contributed by atoms with van der Waals surface area (Å²) in [5, 5.41) is 0. The van der Waals surface area contributed by atoms with Crippen LogP contribution in [-0.2, 0) is 11.8 Å². The first kappa shape index (κ1) is 25.9. The van der Waals surface area contributed by atoms with Crippen LogP contribution in [0.1, 0.15) is 61.3 Å². The average Bonchev–Trinajstić information content (AvgIpc) is 3.09. The Hall–Kier alpha value is -4.24. The number of nitrogens with zero attached hydrogens (tertiary/aromatic N) is 2. The lowest BCUT2D eigenvalue weighted by atomic mass is 9.32. The Kier molecular flexibility index (Phi) is 5.05. The van der Waals surface area contributed by atoms with E-state index in [4.69, 9.17) is 0 Å². The van der Waals surface area contributed by atoms with E-state index in [-0.39, 0.29) is 12.1 Å². The van der Waals surface area contributed by atoms with Crippen molar-refractivity contribution in [1.29, 1.82) is 0 Å². The molecule has 3 heteroatoms. The lowest BCUT2D eigenvalue weighted by Gasteiger charge is -2.64. The molecule has 0 amide bonds. The van der Waals surface area contributed by atoms with Gasteiger partial charge in [0.1, 0.15) is 0 Å². The summed E-state index contributed by atoms with van der Waals surface area (Å²) in [6.07, 6.45) is 8.16. The molecule has 2 nitrogen and oxygen atoms in total. The maximum absolute atomic E-state index is 2.70. The zero-order valence-electron chi connectivity index (χ0n) is 26.8. The summed E-state index contributed by atoms with van der Waals surface area (Å²) in [6, 6.07) is 40.4. The zero-order valence-corrected chi connectivity index (χ0v) is 26.8. The lowest BCUT2D eigenvalue weighted by Crippen LogP contribution is -2.64. The molecule has 4 fully saturated rings. The number of hydrogen-bond donors (Lipinski definition) is 0. The van der Waals surface area contributed by atoms with Gasteiger partial charge in [-0.25, -0.2) is 0 Å². The number of para-hydroxylation sites is 3. The summed E-state index contributed by atoms with van der Waals surface area (Å²) < 4.78 is 0. The molecule has 0 aromatic heterocycles. The van der Waals surface area contributed by atoms with Gasteiger partial charge in [0.05, 0.1) is 5.69 Å². The largest absolute Gasteiger partial charge is 0.311 e. The van der Waals surface area contributed by atoms with E-state index in [0.717, 1.165) is 30.1 Å². The number of fused-ring (bicyclic) bond motifs is 6. The van der Waals surface area contributed by atoms with Crippen molar-refractivity contribution in [1.82, 2.24) is 0 Å². The van der Waals surface area contributed by atoms with Gasteiger partial charge in [-0.1, -0.05) is 79.7 Å². The van der Waals surface area contributed by atoms with Gasteiger partial charge in [-0.15, -0.1) is 0 Å². The Labute approximate surface area is 273 Å². The molecule has 1 spiro atoms. The van der Waals surface area contributed by atoms with Crippen LogP contribution in [-0.4, -0.2) is 6.71 Å². The van der Waals surface area contributed by atoms with Crippen LogP contribution in [0.3, 0.4) is 0 Å². The van der Waals surface area contributed by atoms with Crippen LogP contribution in [0.2, 0.25) is 0 Å². The molecule has 4 aliphatic carbocycles. The van der Waals surface area contributed by atoms with E-state index in [1.165, 1.54) is 93.7 Å². The molecule has 0 saturated heterocycles. The predicted octanol–water partition coefficient (Wildman–Crippen LogP) is 8.70. The first-order valence-electron chi connectivity index (χ1n) is 17.8. The molecule has 0 atom stereocenters. The molecule has 0 radical (unpaired) electrons. The van der Waals surface area contributed by atoms with Gasteiger partial charge in [0.15, 0.2) is 0 Å². The predicted molar refractivity (Wildman–Crippen MR) is 192 cm³/mol. The number of aryl methyl sites for hydroxylation is 2. The molecule has 0 N–H and O–H groups in total. The van der Waals surface area contributed by atoms with Crippen molar-refractivity contribution in [2.45, 2.75) is 57.8 Å². The van der Waals surface area contributed by atoms with Crippen molar-refractivity contribution in [3.63, 3.8) is 0 Å². The van der Waals surface area contributed by atoms with E-state index in [9.17, 15) is 0 Å². The van der Waals surface area contributed by atoms with E-state index in [1.807, 2.05) is 0 Å². The number of hydrogen-bond acceptors (Lipinski definition) is 2. The Bertz CT molecular complexity index is 2070. The van der Waals surface area contributed by atoms with Gasteiger partial charge in [-0.2, -0.15) is 0 Å². The van der Waals surface area contributed by atoms with Gasteiger partial charge in [-0.05, 0) is 138 Å². The smallest absolute Gasteiger partial charge is 0.252 e. The van der Waals surface area contributed by atoms with Gasteiger partial charge in [0, 0.05) is 33.9 Å². The minimum Gasteiger partial charge on any atom is -0.311 e. The molecule has 3 heterocycles. The Morgan fingerprint density at radius 3 is 1.96 bits per heavy atom. The minimum absolute atomic E-state index is 0.123. The third-order valence-corrected chi connectivity index (χ3v) is 13.3. The third-order valence-electron chi connectivity index (χ3n) is 13.3. The maximum atomic E-state index is 2.70. The molecule has 7 aliphatic rings. The van der Waals surface area contributed by atoms with Crippen LogP contribution < -0.4 is 26.2 Å². The molecular weight excluding hydrogens is 555 g/mol. The number of benzene rings is 5. The van der Waals surface area contributed by atoms with Crippen molar-refractivity contribution in [3.8, 4) is 0 Å². The highest BCUT2D eigenvalue weighted by atomic mass is 15.2. The van der Waals surface area contributed by atoms with Gasteiger partial charge < -0.3 is 9.80 Å². The molecule has 4 bridgehead atoms. The maximum Gasteiger partial charge on any atom is 0.252 e. The topological polar surface area (TPSA) is 6.48 Å². The van der Waals surface area contributed by atoms with Gasteiger partial charge >= 0.3 is 0 Å². The highest BCUT2D eigenvalue weighted by Gasteiger charge is 2.62. The second-order valence-electron chi connectivity index (χ2n) is 15.3. The Morgan fingerprint density at radius 2 is 1.22 bits per heavy atom. The van der Waals surface area contributed by atoms with Crippen molar-refractivity contribution in [3.05, 3.63) is 125 Å². The monoisotopic (exact) mass is 594 g/mol. The zero-order chi connectivity index (χ0) is 30.3. The quantitative estimate of drug-likeness (QED) is 0.185. The first-order chi connectivity index (χ1) is 22.7. The van der Waals surface area contributed by atoms with Gasteiger partial charge in [-0.3, -0.25) is 0 Å². The van der Waals surface area contributed by atoms with Crippen molar-refractivity contribution in [2.75, 3.05) is 9.80 Å². The van der Waals surface area contributed by atoms with E-state index in [0.29, 0.717) is 0 Å². The second kappa shape index (κ2) is 8.97. The standard InChI is InChI=1S/C43H39BN2/c1-3-27-17-19-32(20-18-27)45-38-15-8-16-39-40(38)44(35-12-6-9-26(2)41(35)45)36-13-7-11-34-42(36)46(39)37-14-5-4-10-33(37)43(34)30-22-28-21-29(24-30)25-31(43)23-28/h4-20,28-31H,3,21-25H2,1-2H3. The number of anilines is 6. The van der Waals surface area contributed by atoms with Crippen LogP contribution in [0, 0.1) is 30.6 Å². The molecule has 5 aromatic carbocycles. The van der Waals surface area contributed by atoms with Crippen LogP contribution in [0.4, 0.5) is 34.1 Å². The Balaban J connectivity index is 1.22. The second-order valence-corrected chi connectivity index (χ2v) is 15.3. The first-order valence-corrected chi connectivity index (χ1v) is 17.8. The molecule has 224 valence electrons. The molecule has 5 aromatic rings. The van der Waals surface area contributed by atoms with E-state index >= 15 is 0 Å². The van der Waals surface area contributed by atoms with Crippen molar-refractivity contribution >= 4 is 57.2 Å². The summed E-state index contributed by atoms with van der Waals surface area (Å²) in [4.78, 5) is 5.26. The van der Waals surface area contributed by atoms with Crippen LogP contribution >= 0.6 is 0 Å². The minimum atomic E-state index is 0.123. The fraction of sp³-hybridized carbons (Fsp3) is 0.302. The highest BCUT2D eigenvalue weighted by Crippen LogP contribution is 2.69.